The molecule has 3 heteroatoms. The van der Waals surface area contributed by atoms with E-state index in [2.05, 4.69) is 41.5 Å². The largest absolute Gasteiger partial charge is 0.496 e. The average Bonchev–Trinajstić information content (AvgIpc) is 2.46. The Morgan fingerprint density at radius 3 is 2.79 bits per heavy atom. The van der Waals surface area contributed by atoms with Gasteiger partial charge in [0.1, 0.15) is 5.75 Å². The van der Waals surface area contributed by atoms with Crippen molar-refractivity contribution in [2.24, 2.45) is 0 Å². The molecule has 1 unspecified atom stereocenters. The molecule has 1 aromatic carbocycles. The summed E-state index contributed by atoms with van der Waals surface area (Å²) in [6.45, 7) is 2.07. The quantitative estimate of drug-likeness (QED) is 0.893. The van der Waals surface area contributed by atoms with Crippen molar-refractivity contribution in [2.75, 3.05) is 14.2 Å². The third kappa shape index (κ3) is 3.32. The summed E-state index contributed by atoms with van der Waals surface area (Å²) in [5.74, 6) is 0.934. The lowest BCUT2D eigenvalue weighted by molar-refractivity contribution is 0.401. The highest BCUT2D eigenvalue weighted by Gasteiger charge is 2.15. The van der Waals surface area contributed by atoms with Gasteiger partial charge in [0.25, 0.3) is 0 Å². The maximum absolute atomic E-state index is 5.49. The van der Waals surface area contributed by atoms with Gasteiger partial charge in [-0.2, -0.15) is 0 Å². The second-order valence-electron chi connectivity index (χ2n) is 4.65. The molecule has 100 valence electrons. The normalized spacial score (nSPS) is 12.2. The Bertz CT molecular complexity index is 526. The molecule has 0 bridgehead atoms. The number of hydrogen-bond donors (Lipinski definition) is 1. The van der Waals surface area contributed by atoms with Crippen molar-refractivity contribution >= 4 is 0 Å². The number of likely N-dealkylation sites (N-methyl/N-ethyl adjacent to an activating group) is 1. The molecule has 0 aliphatic carbocycles. The zero-order chi connectivity index (χ0) is 13.7. The molecule has 2 rings (SSSR count). The zero-order valence-electron chi connectivity index (χ0n) is 11.7. The predicted octanol–water partition coefficient (Wildman–Crippen LogP) is 2.90. The minimum Gasteiger partial charge on any atom is -0.496 e. The molecule has 3 nitrogen and oxygen atoms in total. The molecule has 0 amide bonds. The summed E-state index contributed by atoms with van der Waals surface area (Å²) in [5, 5.41) is 3.35. The molecule has 0 aliphatic rings. The number of ether oxygens (including phenoxy) is 1. The first-order valence-corrected chi connectivity index (χ1v) is 6.45. The van der Waals surface area contributed by atoms with Crippen LogP contribution in [0.1, 0.15) is 22.7 Å². The van der Waals surface area contributed by atoms with E-state index in [4.69, 9.17) is 4.74 Å². The van der Waals surface area contributed by atoms with Gasteiger partial charge in [0.15, 0.2) is 0 Å². The van der Waals surface area contributed by atoms with Crippen LogP contribution in [0.2, 0.25) is 0 Å². The molecule has 0 saturated heterocycles. The Hall–Kier alpha value is -1.87. The van der Waals surface area contributed by atoms with Crippen LogP contribution in [-0.4, -0.2) is 19.1 Å². The lowest BCUT2D eigenvalue weighted by Crippen LogP contribution is -2.19. The van der Waals surface area contributed by atoms with Gasteiger partial charge in [0, 0.05) is 24.0 Å². The number of aromatic nitrogens is 1. The van der Waals surface area contributed by atoms with E-state index in [9.17, 15) is 0 Å². The fraction of sp³-hybridized carbons (Fsp3) is 0.312. The number of rotatable bonds is 5. The van der Waals surface area contributed by atoms with Crippen molar-refractivity contribution in [2.45, 2.75) is 19.4 Å². The van der Waals surface area contributed by atoms with Crippen molar-refractivity contribution in [3.63, 3.8) is 0 Å². The first kappa shape index (κ1) is 13.6. The van der Waals surface area contributed by atoms with Crippen LogP contribution >= 0.6 is 0 Å². The third-order valence-electron chi connectivity index (χ3n) is 3.28. The maximum Gasteiger partial charge on any atom is 0.123 e. The van der Waals surface area contributed by atoms with Gasteiger partial charge in [-0.05, 0) is 43.7 Å². The Labute approximate surface area is 114 Å². The fourth-order valence-electron chi connectivity index (χ4n) is 2.23. The molecule has 19 heavy (non-hydrogen) atoms. The van der Waals surface area contributed by atoms with E-state index in [1.54, 1.807) is 13.3 Å². The van der Waals surface area contributed by atoms with Crippen LogP contribution in [0.4, 0.5) is 0 Å². The van der Waals surface area contributed by atoms with Crippen LogP contribution in [0.15, 0.2) is 42.7 Å². The third-order valence-corrected chi connectivity index (χ3v) is 3.28. The van der Waals surface area contributed by atoms with Gasteiger partial charge >= 0.3 is 0 Å². The highest BCUT2D eigenvalue weighted by Crippen LogP contribution is 2.28. The van der Waals surface area contributed by atoms with E-state index in [1.807, 2.05) is 19.3 Å². The number of methoxy groups -OCH3 is 1. The van der Waals surface area contributed by atoms with E-state index in [-0.39, 0.29) is 6.04 Å². The number of nitrogens with zero attached hydrogens (tertiary/aromatic N) is 1. The van der Waals surface area contributed by atoms with Gasteiger partial charge in [-0.15, -0.1) is 0 Å². The van der Waals surface area contributed by atoms with E-state index in [0.29, 0.717) is 0 Å². The van der Waals surface area contributed by atoms with Gasteiger partial charge in [-0.3, -0.25) is 4.98 Å². The minimum atomic E-state index is 0.222. The van der Waals surface area contributed by atoms with Gasteiger partial charge in [0.05, 0.1) is 7.11 Å². The Morgan fingerprint density at radius 1 is 1.32 bits per heavy atom. The Balaban J connectivity index is 2.27. The molecule has 0 spiro atoms. The van der Waals surface area contributed by atoms with Crippen LogP contribution in [0, 0.1) is 6.92 Å². The second kappa shape index (κ2) is 6.34. The first-order chi connectivity index (χ1) is 9.24. The first-order valence-electron chi connectivity index (χ1n) is 6.45. The minimum absolute atomic E-state index is 0.222. The molecule has 2 aromatic rings. The highest BCUT2D eigenvalue weighted by molar-refractivity contribution is 5.40. The molecule has 0 radical (unpaired) electrons. The molecule has 1 aromatic heterocycles. The zero-order valence-corrected chi connectivity index (χ0v) is 11.7. The molecular formula is C16H20N2O. The summed E-state index contributed by atoms with van der Waals surface area (Å²) in [6.07, 6.45) is 4.60. The molecule has 1 heterocycles. The number of hydrogen-bond acceptors (Lipinski definition) is 3. The molecule has 1 atom stereocenters. The SMILES string of the molecule is CNC(Cc1cccnc1)c1ccc(C)cc1OC. The number of pyridine rings is 1. The summed E-state index contributed by atoms with van der Waals surface area (Å²) in [5.41, 5.74) is 3.60. The van der Waals surface area contributed by atoms with E-state index < -0.39 is 0 Å². The smallest absolute Gasteiger partial charge is 0.123 e. The van der Waals surface area contributed by atoms with E-state index in [0.717, 1.165) is 12.2 Å². The van der Waals surface area contributed by atoms with Gasteiger partial charge in [-0.25, -0.2) is 0 Å². The van der Waals surface area contributed by atoms with E-state index >= 15 is 0 Å². The van der Waals surface area contributed by atoms with Crippen molar-refractivity contribution in [1.82, 2.24) is 10.3 Å². The monoisotopic (exact) mass is 256 g/mol. The van der Waals surface area contributed by atoms with Crippen LogP contribution in [0.25, 0.3) is 0 Å². The van der Waals surface area contributed by atoms with E-state index in [1.165, 1.54) is 16.7 Å². The number of benzene rings is 1. The van der Waals surface area contributed by atoms with Crippen molar-refractivity contribution in [1.29, 1.82) is 0 Å². The van der Waals surface area contributed by atoms with Crippen molar-refractivity contribution in [3.8, 4) is 5.75 Å². The maximum atomic E-state index is 5.49. The van der Waals surface area contributed by atoms with Crippen LogP contribution in [-0.2, 0) is 6.42 Å². The van der Waals surface area contributed by atoms with Crippen LogP contribution in [0.5, 0.6) is 5.75 Å². The second-order valence-corrected chi connectivity index (χ2v) is 4.65. The summed E-state index contributed by atoms with van der Waals surface area (Å²) >= 11 is 0. The summed E-state index contributed by atoms with van der Waals surface area (Å²) < 4.78 is 5.49. The van der Waals surface area contributed by atoms with Crippen LogP contribution in [0.3, 0.4) is 0 Å². The summed E-state index contributed by atoms with van der Waals surface area (Å²) in [4.78, 5) is 4.16. The topological polar surface area (TPSA) is 34.2 Å². The lowest BCUT2D eigenvalue weighted by atomic mass is 9.98. The number of aryl methyl sites for hydroxylation is 1. The summed E-state index contributed by atoms with van der Waals surface area (Å²) in [6, 6.07) is 10.6. The Kier molecular flexibility index (Phi) is 4.53. The van der Waals surface area contributed by atoms with Gasteiger partial charge in [-0.1, -0.05) is 18.2 Å². The molecule has 1 N–H and O–H groups in total. The van der Waals surface area contributed by atoms with Gasteiger partial charge in [0.2, 0.25) is 0 Å². The Morgan fingerprint density at radius 2 is 2.16 bits per heavy atom. The van der Waals surface area contributed by atoms with Gasteiger partial charge < -0.3 is 10.1 Å². The lowest BCUT2D eigenvalue weighted by Gasteiger charge is -2.19. The summed E-state index contributed by atoms with van der Waals surface area (Å²) in [7, 11) is 3.69. The molecular weight excluding hydrogens is 236 g/mol. The average molecular weight is 256 g/mol. The number of nitrogens with one attached hydrogen (secondary N) is 1. The van der Waals surface area contributed by atoms with Crippen molar-refractivity contribution in [3.05, 3.63) is 59.4 Å². The fourth-order valence-corrected chi connectivity index (χ4v) is 2.23. The molecule has 0 aliphatic heterocycles. The predicted molar refractivity (Wildman–Crippen MR) is 77.5 cm³/mol. The molecule has 0 fully saturated rings. The molecule has 0 saturated carbocycles. The van der Waals surface area contributed by atoms with Crippen molar-refractivity contribution < 1.29 is 4.74 Å². The van der Waals surface area contributed by atoms with Crippen LogP contribution < -0.4 is 10.1 Å². The standard InChI is InChI=1S/C16H20N2O/c1-12-6-7-14(16(9-12)19-3)15(17-2)10-13-5-4-8-18-11-13/h4-9,11,15,17H,10H2,1-3H3. The highest BCUT2D eigenvalue weighted by atomic mass is 16.5.